The van der Waals surface area contributed by atoms with E-state index >= 15 is 0 Å². The predicted molar refractivity (Wildman–Crippen MR) is 61.8 cm³/mol. The van der Waals surface area contributed by atoms with E-state index < -0.39 is 0 Å². The van der Waals surface area contributed by atoms with Gasteiger partial charge in [0.2, 0.25) is 0 Å². The second-order valence-electron chi connectivity index (χ2n) is 5.30. The van der Waals surface area contributed by atoms with E-state index in [1.807, 2.05) is 0 Å². The maximum atomic E-state index is 5.98. The van der Waals surface area contributed by atoms with Crippen LogP contribution in [0.3, 0.4) is 0 Å². The zero-order valence-corrected chi connectivity index (χ0v) is 9.87. The predicted octanol–water partition coefficient (Wildman–Crippen LogP) is 1.23. The normalized spacial score (nSPS) is 31.2. The second-order valence-corrected chi connectivity index (χ2v) is 5.30. The highest BCUT2D eigenvalue weighted by molar-refractivity contribution is 4.86. The summed E-state index contributed by atoms with van der Waals surface area (Å²) in [5.41, 5.74) is 6.48. The van der Waals surface area contributed by atoms with Crippen LogP contribution < -0.4 is 5.73 Å². The number of likely N-dealkylation sites (tertiary alicyclic amines) is 1. The number of hydrogen-bond donors (Lipinski definition) is 1. The lowest BCUT2D eigenvalue weighted by Crippen LogP contribution is -2.47. The molecule has 0 aromatic rings. The van der Waals surface area contributed by atoms with Gasteiger partial charge in [0.05, 0.1) is 13.2 Å². The van der Waals surface area contributed by atoms with Crippen LogP contribution >= 0.6 is 0 Å². The van der Waals surface area contributed by atoms with E-state index in [9.17, 15) is 0 Å². The van der Waals surface area contributed by atoms with Crippen LogP contribution in [0.2, 0.25) is 0 Å². The molecule has 0 bridgehead atoms. The molecule has 2 fully saturated rings. The van der Waals surface area contributed by atoms with Crippen LogP contribution in [0.1, 0.15) is 32.6 Å². The standard InChI is InChI=1S/C12H24N2O/c1-2-12(9-15-10-12)5-7-14-6-3-4-11(13)8-14/h11H,2-10,13H2,1H3. The third-order valence-corrected chi connectivity index (χ3v) is 4.07. The number of rotatable bonds is 4. The van der Waals surface area contributed by atoms with Crippen LogP contribution in [0.4, 0.5) is 0 Å². The highest BCUT2D eigenvalue weighted by atomic mass is 16.5. The number of piperidine rings is 1. The van der Waals surface area contributed by atoms with Crippen molar-refractivity contribution >= 4 is 0 Å². The Labute approximate surface area is 93.0 Å². The Balaban J connectivity index is 1.72. The molecular weight excluding hydrogens is 188 g/mol. The molecule has 2 heterocycles. The Hall–Kier alpha value is -0.120. The first-order valence-corrected chi connectivity index (χ1v) is 6.30. The summed E-state index contributed by atoms with van der Waals surface area (Å²) in [6.45, 7) is 7.79. The van der Waals surface area contributed by atoms with Gasteiger partial charge in [-0.3, -0.25) is 0 Å². The summed E-state index contributed by atoms with van der Waals surface area (Å²) in [5, 5.41) is 0. The Morgan fingerprint density at radius 1 is 1.47 bits per heavy atom. The topological polar surface area (TPSA) is 38.5 Å². The van der Waals surface area contributed by atoms with Gasteiger partial charge in [-0.15, -0.1) is 0 Å². The second kappa shape index (κ2) is 4.81. The average molecular weight is 212 g/mol. The minimum absolute atomic E-state index is 0.411. The fourth-order valence-corrected chi connectivity index (χ4v) is 2.61. The van der Waals surface area contributed by atoms with E-state index in [4.69, 9.17) is 10.5 Å². The highest BCUT2D eigenvalue weighted by Crippen LogP contribution is 2.35. The highest BCUT2D eigenvalue weighted by Gasteiger charge is 2.36. The summed E-state index contributed by atoms with van der Waals surface area (Å²) < 4.78 is 5.35. The van der Waals surface area contributed by atoms with E-state index in [0.717, 1.165) is 19.8 Å². The van der Waals surface area contributed by atoms with E-state index in [2.05, 4.69) is 11.8 Å². The molecule has 0 saturated carbocycles. The number of hydrogen-bond acceptors (Lipinski definition) is 3. The lowest BCUT2D eigenvalue weighted by atomic mass is 9.80. The van der Waals surface area contributed by atoms with Gasteiger partial charge in [-0.25, -0.2) is 0 Å². The molecule has 2 saturated heterocycles. The smallest absolute Gasteiger partial charge is 0.0545 e. The van der Waals surface area contributed by atoms with Crippen molar-refractivity contribution in [1.82, 2.24) is 4.90 Å². The first-order chi connectivity index (χ1) is 7.24. The Bertz CT molecular complexity index is 198. The molecule has 88 valence electrons. The summed E-state index contributed by atoms with van der Waals surface area (Å²) >= 11 is 0. The summed E-state index contributed by atoms with van der Waals surface area (Å²) in [6, 6.07) is 0.411. The van der Waals surface area contributed by atoms with Gasteiger partial charge >= 0.3 is 0 Å². The largest absolute Gasteiger partial charge is 0.380 e. The third kappa shape index (κ3) is 2.71. The molecule has 0 aliphatic carbocycles. The molecular formula is C12H24N2O. The monoisotopic (exact) mass is 212 g/mol. The van der Waals surface area contributed by atoms with Crippen LogP contribution in [-0.2, 0) is 4.74 Å². The fourth-order valence-electron chi connectivity index (χ4n) is 2.61. The quantitative estimate of drug-likeness (QED) is 0.761. The molecule has 2 aliphatic heterocycles. The molecule has 2 N–H and O–H groups in total. The van der Waals surface area contributed by atoms with Gasteiger partial charge in [-0.05, 0) is 38.8 Å². The molecule has 15 heavy (non-hydrogen) atoms. The summed E-state index contributed by atoms with van der Waals surface area (Å²) in [4.78, 5) is 2.53. The van der Waals surface area contributed by atoms with Gasteiger partial charge in [-0.1, -0.05) is 6.92 Å². The van der Waals surface area contributed by atoms with Crippen molar-refractivity contribution in [3.63, 3.8) is 0 Å². The molecule has 1 atom stereocenters. The molecule has 0 spiro atoms. The van der Waals surface area contributed by atoms with Crippen LogP contribution in [0, 0.1) is 5.41 Å². The first kappa shape index (κ1) is 11.4. The zero-order chi connectivity index (χ0) is 10.7. The minimum atomic E-state index is 0.411. The summed E-state index contributed by atoms with van der Waals surface area (Å²) in [5.74, 6) is 0. The number of ether oxygens (including phenoxy) is 1. The van der Waals surface area contributed by atoms with Crippen molar-refractivity contribution in [2.24, 2.45) is 11.1 Å². The van der Waals surface area contributed by atoms with Crippen molar-refractivity contribution < 1.29 is 4.74 Å². The van der Waals surface area contributed by atoms with Gasteiger partial charge in [0, 0.05) is 18.0 Å². The average Bonchev–Trinajstić information content (AvgIpc) is 2.17. The molecule has 2 aliphatic rings. The van der Waals surface area contributed by atoms with E-state index in [0.29, 0.717) is 11.5 Å². The molecule has 0 aromatic carbocycles. The van der Waals surface area contributed by atoms with E-state index in [1.54, 1.807) is 0 Å². The van der Waals surface area contributed by atoms with Crippen LogP contribution in [0.5, 0.6) is 0 Å². The fraction of sp³-hybridized carbons (Fsp3) is 1.00. The lowest BCUT2D eigenvalue weighted by molar-refractivity contribution is -0.122. The molecule has 2 rings (SSSR count). The van der Waals surface area contributed by atoms with Gasteiger partial charge in [0.15, 0.2) is 0 Å². The van der Waals surface area contributed by atoms with Gasteiger partial charge < -0.3 is 15.4 Å². The van der Waals surface area contributed by atoms with Crippen molar-refractivity contribution in [1.29, 1.82) is 0 Å². The molecule has 0 radical (unpaired) electrons. The van der Waals surface area contributed by atoms with E-state index in [-0.39, 0.29) is 0 Å². The Kier molecular flexibility index (Phi) is 3.65. The Morgan fingerprint density at radius 3 is 2.80 bits per heavy atom. The van der Waals surface area contributed by atoms with E-state index in [1.165, 1.54) is 38.8 Å². The number of nitrogens with zero attached hydrogens (tertiary/aromatic N) is 1. The van der Waals surface area contributed by atoms with Crippen molar-refractivity contribution in [3.05, 3.63) is 0 Å². The lowest BCUT2D eigenvalue weighted by Gasteiger charge is -2.43. The molecule has 0 amide bonds. The van der Waals surface area contributed by atoms with Gasteiger partial charge in [-0.2, -0.15) is 0 Å². The van der Waals surface area contributed by atoms with Crippen molar-refractivity contribution in [3.8, 4) is 0 Å². The maximum Gasteiger partial charge on any atom is 0.0545 e. The zero-order valence-electron chi connectivity index (χ0n) is 9.87. The summed E-state index contributed by atoms with van der Waals surface area (Å²) in [6.07, 6.45) is 5.03. The maximum absolute atomic E-state index is 5.98. The molecule has 3 nitrogen and oxygen atoms in total. The number of nitrogens with two attached hydrogens (primary N) is 1. The van der Waals surface area contributed by atoms with Gasteiger partial charge in [0.1, 0.15) is 0 Å². The van der Waals surface area contributed by atoms with Crippen LogP contribution in [-0.4, -0.2) is 43.8 Å². The third-order valence-electron chi connectivity index (χ3n) is 4.07. The van der Waals surface area contributed by atoms with Crippen molar-refractivity contribution in [2.75, 3.05) is 32.8 Å². The van der Waals surface area contributed by atoms with Crippen LogP contribution in [0.15, 0.2) is 0 Å². The van der Waals surface area contributed by atoms with Crippen molar-refractivity contribution in [2.45, 2.75) is 38.6 Å². The van der Waals surface area contributed by atoms with Gasteiger partial charge in [0.25, 0.3) is 0 Å². The molecule has 3 heteroatoms. The minimum Gasteiger partial charge on any atom is -0.380 e. The SMILES string of the molecule is CCC1(CCN2CCCC(N)C2)COC1. The molecule has 1 unspecified atom stereocenters. The molecule has 0 aromatic heterocycles. The Morgan fingerprint density at radius 2 is 2.27 bits per heavy atom. The summed E-state index contributed by atoms with van der Waals surface area (Å²) in [7, 11) is 0. The first-order valence-electron chi connectivity index (χ1n) is 6.30. The van der Waals surface area contributed by atoms with Crippen LogP contribution in [0.25, 0.3) is 0 Å².